The van der Waals surface area contributed by atoms with Crippen LogP contribution in [0.1, 0.15) is 18.4 Å². The van der Waals surface area contributed by atoms with E-state index in [9.17, 15) is 8.78 Å². The zero-order chi connectivity index (χ0) is 14.1. The first kappa shape index (κ1) is 14.3. The average Bonchev–Trinajstić information content (AvgIpc) is 3.23. The SMILES string of the molecule is Fc1cc(CBr)cc(F)c1N1CCN(CC2CC2)CC1. The van der Waals surface area contributed by atoms with E-state index in [-0.39, 0.29) is 5.69 Å². The van der Waals surface area contributed by atoms with Gasteiger partial charge in [-0.05, 0) is 36.5 Å². The smallest absolute Gasteiger partial charge is 0.149 e. The first-order valence-corrected chi connectivity index (χ1v) is 8.30. The second kappa shape index (κ2) is 5.98. The Morgan fingerprint density at radius 1 is 1.05 bits per heavy atom. The zero-order valence-electron chi connectivity index (χ0n) is 11.4. The molecule has 1 saturated carbocycles. The maximum absolute atomic E-state index is 14.1. The van der Waals surface area contributed by atoms with Crippen LogP contribution >= 0.6 is 15.9 Å². The Balaban J connectivity index is 1.67. The van der Waals surface area contributed by atoms with Gasteiger partial charge in [-0.25, -0.2) is 8.78 Å². The number of nitrogens with zero attached hydrogens (tertiary/aromatic N) is 2. The van der Waals surface area contributed by atoms with E-state index in [2.05, 4.69) is 20.8 Å². The predicted octanol–water partition coefficient (Wildman–Crippen LogP) is 3.39. The van der Waals surface area contributed by atoms with Crippen molar-refractivity contribution in [1.29, 1.82) is 0 Å². The van der Waals surface area contributed by atoms with Crippen molar-refractivity contribution in [3.63, 3.8) is 0 Å². The van der Waals surface area contributed by atoms with Gasteiger partial charge >= 0.3 is 0 Å². The van der Waals surface area contributed by atoms with Gasteiger partial charge in [0.05, 0.1) is 0 Å². The Kier molecular flexibility index (Phi) is 4.26. The maximum Gasteiger partial charge on any atom is 0.149 e. The summed E-state index contributed by atoms with van der Waals surface area (Å²) in [7, 11) is 0. The van der Waals surface area contributed by atoms with Gasteiger partial charge in [-0.3, -0.25) is 4.90 Å². The van der Waals surface area contributed by atoms with Crippen LogP contribution in [0.3, 0.4) is 0 Å². The largest absolute Gasteiger partial charge is 0.364 e. The molecule has 20 heavy (non-hydrogen) atoms. The normalized spacial score (nSPS) is 20.4. The van der Waals surface area contributed by atoms with E-state index in [0.717, 1.165) is 25.6 Å². The van der Waals surface area contributed by atoms with Crippen molar-refractivity contribution < 1.29 is 8.78 Å². The monoisotopic (exact) mass is 344 g/mol. The van der Waals surface area contributed by atoms with Crippen molar-refractivity contribution in [3.05, 3.63) is 29.3 Å². The summed E-state index contributed by atoms with van der Waals surface area (Å²) >= 11 is 3.23. The van der Waals surface area contributed by atoms with Crippen LogP contribution in [0.2, 0.25) is 0 Å². The molecule has 2 fully saturated rings. The van der Waals surface area contributed by atoms with Crippen LogP contribution in [-0.4, -0.2) is 37.6 Å². The fourth-order valence-electron chi connectivity index (χ4n) is 2.82. The second-order valence-electron chi connectivity index (χ2n) is 5.77. The van der Waals surface area contributed by atoms with Crippen LogP contribution in [0.25, 0.3) is 0 Å². The minimum Gasteiger partial charge on any atom is -0.364 e. The predicted molar refractivity (Wildman–Crippen MR) is 80.4 cm³/mol. The topological polar surface area (TPSA) is 6.48 Å². The molecule has 1 aromatic rings. The number of alkyl halides is 1. The molecule has 1 aliphatic heterocycles. The Morgan fingerprint density at radius 3 is 2.15 bits per heavy atom. The molecule has 5 heteroatoms. The summed E-state index contributed by atoms with van der Waals surface area (Å²) in [4.78, 5) is 4.25. The maximum atomic E-state index is 14.1. The zero-order valence-corrected chi connectivity index (χ0v) is 13.0. The summed E-state index contributed by atoms with van der Waals surface area (Å²) in [6.45, 7) is 4.36. The first-order valence-electron chi connectivity index (χ1n) is 7.18. The van der Waals surface area contributed by atoms with Gasteiger partial charge in [-0.2, -0.15) is 0 Å². The molecule has 2 nitrogen and oxygen atoms in total. The van der Waals surface area contributed by atoms with Gasteiger partial charge < -0.3 is 4.90 Å². The lowest BCUT2D eigenvalue weighted by atomic mass is 10.1. The quantitative estimate of drug-likeness (QED) is 0.772. The van der Waals surface area contributed by atoms with Gasteiger partial charge in [-0.15, -0.1) is 0 Å². The minimum absolute atomic E-state index is 0.140. The van der Waals surface area contributed by atoms with E-state index >= 15 is 0 Å². The van der Waals surface area contributed by atoms with E-state index in [0.29, 0.717) is 24.0 Å². The van der Waals surface area contributed by atoms with E-state index in [1.807, 2.05) is 4.90 Å². The van der Waals surface area contributed by atoms with Gasteiger partial charge in [0.2, 0.25) is 0 Å². The molecule has 1 aliphatic carbocycles. The molecule has 0 spiro atoms. The molecule has 0 bridgehead atoms. The Bertz CT molecular complexity index is 460. The number of piperazine rings is 1. The summed E-state index contributed by atoms with van der Waals surface area (Å²) in [6.07, 6.45) is 2.69. The number of rotatable bonds is 4. The molecule has 0 radical (unpaired) electrons. The van der Waals surface area contributed by atoms with Crippen molar-refractivity contribution in [2.45, 2.75) is 18.2 Å². The molecule has 0 atom stereocenters. The fraction of sp³-hybridized carbons (Fsp3) is 0.600. The highest BCUT2D eigenvalue weighted by molar-refractivity contribution is 9.08. The molecule has 0 unspecified atom stereocenters. The molecule has 2 aliphatic rings. The molecule has 3 rings (SSSR count). The standard InChI is InChI=1S/C15H19BrF2N2/c16-9-12-7-13(17)15(14(18)8-12)20-5-3-19(4-6-20)10-11-1-2-11/h7-8,11H,1-6,9-10H2. The van der Waals surface area contributed by atoms with Crippen LogP contribution in [-0.2, 0) is 5.33 Å². The van der Waals surface area contributed by atoms with E-state index in [1.54, 1.807) is 0 Å². The summed E-state index contributed by atoms with van der Waals surface area (Å²) in [5, 5.41) is 0.469. The lowest BCUT2D eigenvalue weighted by molar-refractivity contribution is 0.247. The van der Waals surface area contributed by atoms with Gasteiger partial charge in [-0.1, -0.05) is 15.9 Å². The number of hydrogen-bond acceptors (Lipinski definition) is 2. The van der Waals surface area contributed by atoms with Crippen molar-refractivity contribution in [3.8, 4) is 0 Å². The fourth-order valence-corrected chi connectivity index (χ4v) is 3.14. The molecular weight excluding hydrogens is 326 g/mol. The minimum atomic E-state index is -0.449. The van der Waals surface area contributed by atoms with Crippen molar-refractivity contribution in [1.82, 2.24) is 4.90 Å². The molecule has 0 aromatic heterocycles. The summed E-state index contributed by atoms with van der Waals surface area (Å²) in [6, 6.07) is 2.84. The van der Waals surface area contributed by atoms with Gasteiger partial charge in [0, 0.05) is 38.1 Å². The number of halogens is 3. The molecule has 1 heterocycles. The van der Waals surface area contributed by atoms with Crippen LogP contribution in [0.15, 0.2) is 12.1 Å². The third-order valence-corrected chi connectivity index (χ3v) is 4.78. The van der Waals surface area contributed by atoms with E-state index < -0.39 is 11.6 Å². The van der Waals surface area contributed by atoms with Gasteiger partial charge in [0.15, 0.2) is 0 Å². The van der Waals surface area contributed by atoms with Crippen molar-refractivity contribution in [2.75, 3.05) is 37.6 Å². The van der Waals surface area contributed by atoms with Crippen molar-refractivity contribution >= 4 is 21.6 Å². The summed E-state index contributed by atoms with van der Waals surface area (Å²) in [5.74, 6) is -0.0292. The molecule has 1 aromatic carbocycles. The average molecular weight is 345 g/mol. The van der Waals surface area contributed by atoms with Crippen LogP contribution < -0.4 is 4.90 Å². The Labute approximate surface area is 126 Å². The summed E-state index contributed by atoms with van der Waals surface area (Å²) < 4.78 is 28.2. The highest BCUT2D eigenvalue weighted by Gasteiger charge is 2.28. The van der Waals surface area contributed by atoms with Crippen LogP contribution in [0.5, 0.6) is 0 Å². The van der Waals surface area contributed by atoms with Gasteiger partial charge in [0.1, 0.15) is 17.3 Å². The second-order valence-corrected chi connectivity index (χ2v) is 6.33. The molecule has 110 valence electrons. The Morgan fingerprint density at radius 2 is 1.65 bits per heavy atom. The highest BCUT2D eigenvalue weighted by Crippen LogP contribution is 2.31. The number of benzene rings is 1. The van der Waals surface area contributed by atoms with Gasteiger partial charge in [0.25, 0.3) is 0 Å². The molecule has 0 N–H and O–H groups in total. The third-order valence-electron chi connectivity index (χ3n) is 4.13. The van der Waals surface area contributed by atoms with E-state index in [1.165, 1.54) is 25.0 Å². The molecular formula is C15H19BrF2N2. The first-order chi connectivity index (χ1) is 9.67. The Hall–Kier alpha value is -0.680. The van der Waals surface area contributed by atoms with E-state index in [4.69, 9.17) is 0 Å². The third kappa shape index (κ3) is 3.14. The molecule has 1 saturated heterocycles. The number of anilines is 1. The van der Waals surface area contributed by atoms with Crippen molar-refractivity contribution in [2.24, 2.45) is 5.92 Å². The van der Waals surface area contributed by atoms with Crippen LogP contribution in [0, 0.1) is 17.6 Å². The molecule has 0 amide bonds. The number of hydrogen-bond donors (Lipinski definition) is 0. The van der Waals surface area contributed by atoms with Crippen LogP contribution in [0.4, 0.5) is 14.5 Å². The summed E-state index contributed by atoms with van der Waals surface area (Å²) in [5.41, 5.74) is 0.775. The lowest BCUT2D eigenvalue weighted by Gasteiger charge is -2.36. The highest BCUT2D eigenvalue weighted by atomic mass is 79.9. The lowest BCUT2D eigenvalue weighted by Crippen LogP contribution is -2.47.